The molecule has 0 radical (unpaired) electrons. The van der Waals surface area contributed by atoms with Gasteiger partial charge in [-0.15, -0.1) is 12.4 Å². The maximum Gasteiger partial charge on any atom is 0.123 e. The minimum absolute atomic E-state index is 0. The number of nitrogens with zero attached hydrogens (tertiary/aromatic N) is 3. The molecule has 0 bridgehead atoms. The molecule has 0 aliphatic heterocycles. The monoisotopic (exact) mass is 399 g/mol. The molecule has 2 aromatic carbocycles. The van der Waals surface area contributed by atoms with E-state index in [1.54, 1.807) is 12.1 Å². The van der Waals surface area contributed by atoms with Gasteiger partial charge in [0.05, 0.1) is 5.69 Å². The third kappa shape index (κ3) is 4.63. The van der Waals surface area contributed by atoms with Crippen LogP contribution in [0.15, 0.2) is 59.6 Å². The predicted molar refractivity (Wildman–Crippen MR) is 120 cm³/mol. The highest BCUT2D eigenvalue weighted by Crippen LogP contribution is 2.22. The van der Waals surface area contributed by atoms with Crippen molar-refractivity contribution in [3.8, 4) is 5.69 Å². The summed E-state index contributed by atoms with van der Waals surface area (Å²) in [5.41, 5.74) is 6.34. The van der Waals surface area contributed by atoms with Crippen LogP contribution in [0.5, 0.6) is 0 Å². The van der Waals surface area contributed by atoms with E-state index in [-0.39, 0.29) is 18.2 Å². The molecule has 0 amide bonds. The molecular formula is C23H27ClFN3. The highest BCUT2D eigenvalue weighted by molar-refractivity contribution is 5.85. The normalized spacial score (nSPS) is 10.9. The fourth-order valence-electron chi connectivity index (χ4n) is 3.39. The first-order chi connectivity index (χ1) is 13.0. The number of rotatable bonds is 6. The van der Waals surface area contributed by atoms with Crippen LogP contribution in [0.25, 0.3) is 5.69 Å². The van der Waals surface area contributed by atoms with E-state index >= 15 is 0 Å². The summed E-state index contributed by atoms with van der Waals surface area (Å²) in [6.07, 6.45) is 1.90. The first-order valence-electron chi connectivity index (χ1n) is 9.37. The molecule has 3 aromatic rings. The molecule has 0 N–H and O–H groups in total. The van der Waals surface area contributed by atoms with Crippen molar-refractivity contribution < 1.29 is 4.39 Å². The van der Waals surface area contributed by atoms with Crippen molar-refractivity contribution >= 4 is 30.0 Å². The summed E-state index contributed by atoms with van der Waals surface area (Å²) in [4.78, 5) is 6.94. The summed E-state index contributed by atoms with van der Waals surface area (Å²) in [5.74, 6) is -0.226. The summed E-state index contributed by atoms with van der Waals surface area (Å²) < 4.78 is 15.3. The molecule has 0 unspecified atom stereocenters. The average Bonchev–Trinajstić information content (AvgIpc) is 2.96. The number of hydrogen-bond donors (Lipinski definition) is 0. The van der Waals surface area contributed by atoms with Crippen LogP contribution in [0.3, 0.4) is 0 Å². The Balaban J connectivity index is 0.00000280. The fraction of sp³-hybridized carbons (Fsp3) is 0.261. The van der Waals surface area contributed by atoms with Gasteiger partial charge >= 0.3 is 0 Å². The predicted octanol–water partition coefficient (Wildman–Crippen LogP) is 6.25. The number of benzene rings is 2. The van der Waals surface area contributed by atoms with Crippen molar-refractivity contribution in [2.24, 2.45) is 4.99 Å². The Morgan fingerprint density at radius 1 is 0.964 bits per heavy atom. The lowest BCUT2D eigenvalue weighted by Gasteiger charge is -2.20. The summed E-state index contributed by atoms with van der Waals surface area (Å²) in [5, 5.41) is 0. The van der Waals surface area contributed by atoms with E-state index in [2.05, 4.69) is 53.4 Å². The van der Waals surface area contributed by atoms with Gasteiger partial charge in [0, 0.05) is 47.6 Å². The Bertz CT molecular complexity index is 924. The van der Waals surface area contributed by atoms with Crippen molar-refractivity contribution in [2.45, 2.75) is 27.7 Å². The second kappa shape index (κ2) is 9.56. The van der Waals surface area contributed by atoms with Gasteiger partial charge in [0.25, 0.3) is 0 Å². The summed E-state index contributed by atoms with van der Waals surface area (Å²) in [6, 6.07) is 17.0. The Morgan fingerprint density at radius 3 is 2.14 bits per heavy atom. The van der Waals surface area contributed by atoms with E-state index in [4.69, 9.17) is 0 Å². The molecule has 3 rings (SSSR count). The summed E-state index contributed by atoms with van der Waals surface area (Å²) in [6.45, 7) is 10.4. The lowest BCUT2D eigenvalue weighted by Crippen LogP contribution is -2.21. The number of anilines is 1. The van der Waals surface area contributed by atoms with E-state index in [1.165, 1.54) is 17.8 Å². The zero-order valence-electron chi connectivity index (χ0n) is 16.8. The van der Waals surface area contributed by atoms with Crippen molar-refractivity contribution in [1.29, 1.82) is 0 Å². The van der Waals surface area contributed by atoms with E-state index in [0.29, 0.717) is 0 Å². The van der Waals surface area contributed by atoms with Crippen molar-refractivity contribution in [3.63, 3.8) is 0 Å². The molecule has 0 saturated carbocycles. The second-order valence-corrected chi connectivity index (χ2v) is 6.59. The highest BCUT2D eigenvalue weighted by atomic mass is 35.5. The van der Waals surface area contributed by atoms with Gasteiger partial charge in [0.2, 0.25) is 0 Å². The molecule has 0 saturated heterocycles. The lowest BCUT2D eigenvalue weighted by molar-refractivity contribution is 0.627. The zero-order chi connectivity index (χ0) is 19.4. The van der Waals surface area contributed by atoms with Crippen LogP contribution in [0.2, 0.25) is 0 Å². The molecule has 0 atom stereocenters. The lowest BCUT2D eigenvalue weighted by atomic mass is 10.2. The number of aryl methyl sites for hydroxylation is 1. The molecule has 148 valence electrons. The largest absolute Gasteiger partial charge is 0.372 e. The van der Waals surface area contributed by atoms with Gasteiger partial charge in [0.15, 0.2) is 0 Å². The van der Waals surface area contributed by atoms with Crippen LogP contribution in [0.4, 0.5) is 15.8 Å². The van der Waals surface area contributed by atoms with E-state index < -0.39 is 0 Å². The molecule has 5 heteroatoms. The summed E-state index contributed by atoms with van der Waals surface area (Å²) >= 11 is 0. The Kier molecular flexibility index (Phi) is 7.41. The van der Waals surface area contributed by atoms with E-state index in [1.807, 2.05) is 25.3 Å². The third-order valence-corrected chi connectivity index (χ3v) is 4.89. The van der Waals surface area contributed by atoms with Gasteiger partial charge in [-0.2, -0.15) is 0 Å². The number of halogens is 2. The minimum atomic E-state index is -0.226. The Morgan fingerprint density at radius 2 is 1.57 bits per heavy atom. The number of hydrogen-bond acceptors (Lipinski definition) is 2. The van der Waals surface area contributed by atoms with Gasteiger partial charge < -0.3 is 9.47 Å². The molecule has 3 nitrogen and oxygen atoms in total. The topological polar surface area (TPSA) is 20.5 Å². The highest BCUT2D eigenvalue weighted by Gasteiger charge is 2.09. The van der Waals surface area contributed by atoms with Crippen molar-refractivity contribution in [3.05, 3.63) is 77.4 Å². The molecule has 28 heavy (non-hydrogen) atoms. The molecule has 0 fully saturated rings. The van der Waals surface area contributed by atoms with Gasteiger partial charge in [-0.3, -0.25) is 4.99 Å². The number of aliphatic imine (C=N–C) groups is 1. The average molecular weight is 400 g/mol. The van der Waals surface area contributed by atoms with Crippen LogP contribution < -0.4 is 4.90 Å². The Labute approximate surface area is 172 Å². The van der Waals surface area contributed by atoms with Gasteiger partial charge in [0.1, 0.15) is 5.82 Å². The molecule has 0 spiro atoms. The van der Waals surface area contributed by atoms with Gasteiger partial charge in [-0.1, -0.05) is 0 Å². The standard InChI is InChI=1S/C23H26FN3.ClH/c1-5-26(6-2)22-13-9-21(10-14-22)25-16-19-15-17(3)27(18(19)4)23-11-7-20(24)8-12-23;/h7-16H,5-6H2,1-4H3;1H. The zero-order valence-corrected chi connectivity index (χ0v) is 17.6. The fourth-order valence-corrected chi connectivity index (χ4v) is 3.39. The molecule has 1 heterocycles. The van der Waals surface area contributed by atoms with E-state index in [9.17, 15) is 4.39 Å². The van der Waals surface area contributed by atoms with Crippen LogP contribution in [-0.4, -0.2) is 23.9 Å². The maximum atomic E-state index is 13.2. The van der Waals surface area contributed by atoms with Gasteiger partial charge in [-0.05, 0) is 82.3 Å². The maximum absolute atomic E-state index is 13.2. The van der Waals surface area contributed by atoms with Crippen LogP contribution in [0, 0.1) is 19.7 Å². The van der Waals surface area contributed by atoms with Crippen LogP contribution in [-0.2, 0) is 0 Å². The Hall–Kier alpha value is -2.59. The van der Waals surface area contributed by atoms with Crippen LogP contribution >= 0.6 is 12.4 Å². The molecular weight excluding hydrogens is 373 g/mol. The first-order valence-corrected chi connectivity index (χ1v) is 9.37. The number of aromatic nitrogens is 1. The van der Waals surface area contributed by atoms with Crippen molar-refractivity contribution in [2.75, 3.05) is 18.0 Å². The first kappa shape index (κ1) is 21.7. The second-order valence-electron chi connectivity index (χ2n) is 6.59. The van der Waals surface area contributed by atoms with Gasteiger partial charge in [-0.25, -0.2) is 4.39 Å². The smallest absolute Gasteiger partial charge is 0.123 e. The van der Waals surface area contributed by atoms with E-state index in [0.717, 1.165) is 41.4 Å². The molecule has 0 aliphatic carbocycles. The summed E-state index contributed by atoms with van der Waals surface area (Å²) in [7, 11) is 0. The SMILES string of the molecule is CCN(CC)c1ccc(N=Cc2cc(C)n(-c3ccc(F)cc3)c2C)cc1.Cl. The molecule has 1 aromatic heterocycles. The van der Waals surface area contributed by atoms with Crippen LogP contribution in [0.1, 0.15) is 30.8 Å². The minimum Gasteiger partial charge on any atom is -0.372 e. The quantitative estimate of drug-likeness (QED) is 0.448. The molecule has 0 aliphatic rings. The third-order valence-electron chi connectivity index (χ3n) is 4.89. The van der Waals surface area contributed by atoms with Crippen molar-refractivity contribution in [1.82, 2.24) is 4.57 Å².